The maximum atomic E-state index is 13.3. The molecule has 21 heavy (non-hydrogen) atoms. The van der Waals surface area contributed by atoms with Gasteiger partial charge in [-0.3, -0.25) is 0 Å². The zero-order chi connectivity index (χ0) is 15.9. The first-order valence-corrected chi connectivity index (χ1v) is 7.38. The van der Waals surface area contributed by atoms with E-state index in [2.05, 4.69) is 9.12 Å². The minimum Gasteiger partial charge on any atom is -0.374 e. The minimum atomic E-state index is -5.65. The van der Waals surface area contributed by atoms with Gasteiger partial charge in [-0.15, -0.1) is 0 Å². The molecule has 0 aromatic heterocycles. The van der Waals surface area contributed by atoms with Gasteiger partial charge in [0.2, 0.25) is 0 Å². The molecule has 0 N–H and O–H groups in total. The molecule has 1 atom stereocenters. The molecule has 5 nitrogen and oxygen atoms in total. The van der Waals surface area contributed by atoms with Crippen molar-refractivity contribution >= 4 is 10.1 Å². The van der Waals surface area contributed by atoms with Crippen molar-refractivity contribution in [3.8, 4) is 0 Å². The van der Waals surface area contributed by atoms with Crippen LogP contribution in [0.4, 0.5) is 13.3 Å². The van der Waals surface area contributed by atoms with Gasteiger partial charge in [0.15, 0.2) is 0 Å². The standard InChI is InChI=1S/C12H15F3O5S/c1-10(12(13,14)21(16,17)20-15)19-8-7-18-9-11-5-3-2-4-6-11/h2-6,10H,7-9H2,1H3. The van der Waals surface area contributed by atoms with Crippen molar-refractivity contribution in [2.24, 2.45) is 0 Å². The van der Waals surface area contributed by atoms with Crippen LogP contribution in [-0.4, -0.2) is 33.0 Å². The number of halogens is 3. The van der Waals surface area contributed by atoms with Gasteiger partial charge in [-0.2, -0.15) is 17.2 Å². The van der Waals surface area contributed by atoms with E-state index in [9.17, 15) is 21.7 Å². The van der Waals surface area contributed by atoms with Crippen molar-refractivity contribution in [1.29, 1.82) is 0 Å². The van der Waals surface area contributed by atoms with Crippen LogP contribution in [0.3, 0.4) is 0 Å². The van der Waals surface area contributed by atoms with E-state index < -0.39 is 21.5 Å². The van der Waals surface area contributed by atoms with Crippen LogP contribution in [-0.2, 0) is 30.6 Å². The van der Waals surface area contributed by atoms with E-state index in [0.29, 0.717) is 0 Å². The summed E-state index contributed by atoms with van der Waals surface area (Å²) < 4.78 is 71.6. The maximum Gasteiger partial charge on any atom is 0.397 e. The first-order valence-electron chi connectivity index (χ1n) is 5.97. The monoisotopic (exact) mass is 328 g/mol. The molecule has 0 aliphatic rings. The molecule has 0 aliphatic heterocycles. The van der Waals surface area contributed by atoms with Crippen molar-refractivity contribution < 1.29 is 35.6 Å². The lowest BCUT2D eigenvalue weighted by Gasteiger charge is -2.21. The fourth-order valence-electron chi connectivity index (χ4n) is 1.39. The Kier molecular flexibility index (Phi) is 6.59. The third-order valence-electron chi connectivity index (χ3n) is 2.60. The van der Waals surface area contributed by atoms with E-state index >= 15 is 0 Å². The van der Waals surface area contributed by atoms with Crippen LogP contribution in [0, 0.1) is 0 Å². The molecule has 1 rings (SSSR count). The van der Waals surface area contributed by atoms with Crippen molar-refractivity contribution in [3.63, 3.8) is 0 Å². The molecule has 9 heteroatoms. The van der Waals surface area contributed by atoms with Gasteiger partial charge in [-0.1, -0.05) is 34.7 Å². The van der Waals surface area contributed by atoms with Gasteiger partial charge in [0.25, 0.3) is 0 Å². The highest BCUT2D eigenvalue weighted by Crippen LogP contribution is 2.29. The Hall–Kier alpha value is -1.16. The van der Waals surface area contributed by atoms with E-state index in [4.69, 9.17) is 4.74 Å². The Morgan fingerprint density at radius 2 is 1.81 bits per heavy atom. The van der Waals surface area contributed by atoms with Crippen molar-refractivity contribution in [2.75, 3.05) is 13.2 Å². The summed E-state index contributed by atoms with van der Waals surface area (Å²) in [6.45, 7) is 0.770. The van der Waals surface area contributed by atoms with Gasteiger partial charge in [-0.25, -0.2) is 0 Å². The smallest absolute Gasteiger partial charge is 0.374 e. The molecule has 0 amide bonds. The van der Waals surface area contributed by atoms with Crippen LogP contribution >= 0.6 is 0 Å². The van der Waals surface area contributed by atoms with Crippen LogP contribution in [0.25, 0.3) is 0 Å². The summed E-state index contributed by atoms with van der Waals surface area (Å²) in [5.41, 5.74) is 0.893. The number of hydrogen-bond acceptors (Lipinski definition) is 5. The molecule has 1 aromatic carbocycles. The van der Waals surface area contributed by atoms with Gasteiger partial charge < -0.3 is 9.47 Å². The van der Waals surface area contributed by atoms with Crippen molar-refractivity contribution in [1.82, 2.24) is 0 Å². The Morgan fingerprint density at radius 3 is 2.38 bits per heavy atom. The Balaban J connectivity index is 2.32. The lowest BCUT2D eigenvalue weighted by Crippen LogP contribution is -2.41. The zero-order valence-corrected chi connectivity index (χ0v) is 12.0. The highest BCUT2D eigenvalue weighted by molar-refractivity contribution is 7.87. The molecule has 0 spiro atoms. The summed E-state index contributed by atoms with van der Waals surface area (Å²) >= 11 is 0. The molecule has 1 aromatic rings. The molecule has 0 saturated heterocycles. The summed E-state index contributed by atoms with van der Waals surface area (Å²) in [7, 11) is -5.65. The number of hydrogen-bond donors (Lipinski definition) is 0. The van der Waals surface area contributed by atoms with Crippen LogP contribution in [0.1, 0.15) is 12.5 Å². The largest absolute Gasteiger partial charge is 0.397 e. The maximum absolute atomic E-state index is 13.3. The van der Waals surface area contributed by atoms with Crippen molar-refractivity contribution in [2.45, 2.75) is 24.9 Å². The zero-order valence-electron chi connectivity index (χ0n) is 11.2. The van der Waals surface area contributed by atoms with Crippen LogP contribution in [0.15, 0.2) is 30.3 Å². The highest BCUT2D eigenvalue weighted by Gasteiger charge is 2.53. The van der Waals surface area contributed by atoms with Gasteiger partial charge >= 0.3 is 15.4 Å². The lowest BCUT2D eigenvalue weighted by molar-refractivity contribution is -0.105. The summed E-state index contributed by atoms with van der Waals surface area (Å²) in [5, 5.41) is -4.48. The summed E-state index contributed by atoms with van der Waals surface area (Å²) in [5.74, 6) is 0. The molecular formula is C12H15F3O5S. The number of benzene rings is 1. The fraction of sp³-hybridized carbons (Fsp3) is 0.500. The SMILES string of the molecule is CC(OCCOCc1ccccc1)C(F)(F)S(=O)(=O)OF. The second kappa shape index (κ2) is 7.74. The third kappa shape index (κ3) is 4.95. The van der Waals surface area contributed by atoms with Gasteiger partial charge in [0.1, 0.15) is 6.10 Å². The first kappa shape index (κ1) is 17.9. The predicted molar refractivity (Wildman–Crippen MR) is 67.6 cm³/mol. The highest BCUT2D eigenvalue weighted by atomic mass is 32.2. The Labute approximate surface area is 120 Å². The van der Waals surface area contributed by atoms with E-state index in [0.717, 1.165) is 12.5 Å². The van der Waals surface area contributed by atoms with E-state index in [1.54, 1.807) is 0 Å². The molecule has 0 radical (unpaired) electrons. The minimum absolute atomic E-state index is 0.0220. The average Bonchev–Trinajstić information content (AvgIpc) is 2.47. The summed E-state index contributed by atoms with van der Waals surface area (Å²) in [4.78, 5) is 0. The summed E-state index contributed by atoms with van der Waals surface area (Å²) in [6.07, 6.45) is -2.07. The molecule has 0 heterocycles. The molecule has 0 fully saturated rings. The number of alkyl halides is 2. The third-order valence-corrected chi connectivity index (χ3v) is 3.76. The number of rotatable bonds is 9. The van der Waals surface area contributed by atoms with Crippen LogP contribution in [0.5, 0.6) is 0 Å². The molecule has 120 valence electrons. The average molecular weight is 328 g/mol. The van der Waals surface area contributed by atoms with Crippen LogP contribution < -0.4 is 0 Å². The van der Waals surface area contributed by atoms with E-state index in [1.165, 1.54) is 0 Å². The van der Waals surface area contributed by atoms with Crippen LogP contribution in [0.2, 0.25) is 0 Å². The number of ether oxygens (including phenoxy) is 2. The molecule has 0 bridgehead atoms. The first-order chi connectivity index (χ1) is 9.81. The topological polar surface area (TPSA) is 61.8 Å². The van der Waals surface area contributed by atoms with E-state index in [1.807, 2.05) is 30.3 Å². The predicted octanol–water partition coefficient (Wildman–Crippen LogP) is 2.43. The normalized spacial score (nSPS) is 14.1. The van der Waals surface area contributed by atoms with Crippen molar-refractivity contribution in [3.05, 3.63) is 35.9 Å². The van der Waals surface area contributed by atoms with Gasteiger partial charge in [0.05, 0.1) is 19.8 Å². The van der Waals surface area contributed by atoms with E-state index in [-0.39, 0.29) is 19.8 Å². The molecule has 0 aliphatic carbocycles. The fourth-order valence-corrected chi connectivity index (χ4v) is 1.95. The second-order valence-corrected chi connectivity index (χ2v) is 5.71. The quantitative estimate of drug-likeness (QED) is 0.652. The van der Waals surface area contributed by atoms with Gasteiger partial charge in [-0.05, 0) is 17.0 Å². The Bertz CT molecular complexity index is 521. The second-order valence-electron chi connectivity index (χ2n) is 4.13. The molecule has 1 unspecified atom stereocenters. The Morgan fingerprint density at radius 1 is 1.19 bits per heavy atom. The molecular weight excluding hydrogens is 313 g/mol. The van der Waals surface area contributed by atoms with Gasteiger partial charge in [0, 0.05) is 0 Å². The summed E-state index contributed by atoms with van der Waals surface area (Å²) in [6, 6.07) is 9.12. The molecule has 0 saturated carbocycles. The lowest BCUT2D eigenvalue weighted by atomic mass is 10.2.